The predicted molar refractivity (Wildman–Crippen MR) is 167 cm³/mol. The fraction of sp³-hybridized carbons (Fsp3) is 0.394. The van der Waals surface area contributed by atoms with Crippen LogP contribution in [0.1, 0.15) is 44.6 Å². The summed E-state index contributed by atoms with van der Waals surface area (Å²) in [4.78, 5) is 29.4. The van der Waals surface area contributed by atoms with Crippen molar-refractivity contribution in [2.45, 2.75) is 62.4 Å². The first-order valence-corrected chi connectivity index (χ1v) is 16.2. The quantitative estimate of drug-likeness (QED) is 0.282. The molecule has 43 heavy (non-hydrogen) atoms. The second-order valence-electron chi connectivity index (χ2n) is 10.6. The second-order valence-corrected chi connectivity index (χ2v) is 12.5. The summed E-state index contributed by atoms with van der Waals surface area (Å²) in [5.74, 6) is -0.0456. The summed E-state index contributed by atoms with van der Waals surface area (Å²) in [6.45, 7) is 1.57. The van der Waals surface area contributed by atoms with Gasteiger partial charge in [0.15, 0.2) is 0 Å². The van der Waals surface area contributed by atoms with Gasteiger partial charge < -0.3 is 19.7 Å². The number of carbonyl (C=O) groups is 2. The van der Waals surface area contributed by atoms with E-state index in [0.29, 0.717) is 18.6 Å². The van der Waals surface area contributed by atoms with E-state index in [9.17, 15) is 18.0 Å². The number of ether oxygens (including phenoxy) is 2. The number of rotatable bonds is 14. The molecule has 1 aliphatic rings. The summed E-state index contributed by atoms with van der Waals surface area (Å²) in [6.07, 6.45) is 4.85. The SMILES string of the molecule is CC[C@H](C(=O)NC1CCCC1)N(CCc1ccccc1)C(=O)CN(c1cc(OC)ccc1OC)S(=O)(=O)c1ccccc1. The maximum absolute atomic E-state index is 14.3. The topological polar surface area (TPSA) is 105 Å². The highest BCUT2D eigenvalue weighted by molar-refractivity contribution is 7.92. The Morgan fingerprint density at radius 1 is 0.930 bits per heavy atom. The molecule has 0 bridgehead atoms. The van der Waals surface area contributed by atoms with Crippen molar-refractivity contribution in [1.82, 2.24) is 10.2 Å². The van der Waals surface area contributed by atoms with E-state index >= 15 is 0 Å². The Morgan fingerprint density at radius 3 is 2.19 bits per heavy atom. The van der Waals surface area contributed by atoms with Crippen molar-refractivity contribution in [1.29, 1.82) is 0 Å². The van der Waals surface area contributed by atoms with Crippen molar-refractivity contribution in [2.75, 3.05) is 31.6 Å². The van der Waals surface area contributed by atoms with Crippen LogP contribution in [-0.4, -0.2) is 64.5 Å². The number of anilines is 1. The highest BCUT2D eigenvalue weighted by atomic mass is 32.2. The summed E-state index contributed by atoms with van der Waals surface area (Å²) >= 11 is 0. The Kier molecular flexibility index (Phi) is 11.1. The highest BCUT2D eigenvalue weighted by Gasteiger charge is 2.35. The first-order chi connectivity index (χ1) is 20.8. The van der Waals surface area contributed by atoms with Crippen molar-refractivity contribution >= 4 is 27.5 Å². The van der Waals surface area contributed by atoms with Crippen molar-refractivity contribution in [3.63, 3.8) is 0 Å². The summed E-state index contributed by atoms with van der Waals surface area (Å²) in [6, 6.07) is 21.8. The maximum Gasteiger partial charge on any atom is 0.264 e. The van der Waals surface area contributed by atoms with Crippen LogP contribution >= 0.6 is 0 Å². The van der Waals surface area contributed by atoms with Crippen LogP contribution in [0.2, 0.25) is 0 Å². The zero-order valence-electron chi connectivity index (χ0n) is 25.1. The molecular formula is C33H41N3O6S. The first-order valence-electron chi connectivity index (χ1n) is 14.7. The van der Waals surface area contributed by atoms with Crippen molar-refractivity contribution < 1.29 is 27.5 Å². The van der Waals surface area contributed by atoms with E-state index in [1.54, 1.807) is 30.3 Å². The normalized spacial score (nSPS) is 14.1. The van der Waals surface area contributed by atoms with Gasteiger partial charge in [-0.3, -0.25) is 13.9 Å². The lowest BCUT2D eigenvalue weighted by molar-refractivity contribution is -0.139. The molecule has 1 aliphatic carbocycles. The molecule has 9 nitrogen and oxygen atoms in total. The number of benzene rings is 3. The Balaban J connectivity index is 1.73. The van der Waals surface area contributed by atoms with Crippen LogP contribution in [0, 0.1) is 0 Å². The van der Waals surface area contributed by atoms with E-state index in [2.05, 4.69) is 5.32 Å². The van der Waals surface area contributed by atoms with Crippen LogP contribution in [-0.2, 0) is 26.0 Å². The zero-order chi connectivity index (χ0) is 30.8. The second kappa shape index (κ2) is 14.9. The minimum Gasteiger partial charge on any atom is -0.497 e. The van der Waals surface area contributed by atoms with Gasteiger partial charge >= 0.3 is 0 Å². The zero-order valence-corrected chi connectivity index (χ0v) is 25.9. The maximum atomic E-state index is 14.3. The molecule has 0 aromatic heterocycles. The van der Waals surface area contributed by atoms with E-state index in [0.717, 1.165) is 35.6 Å². The number of hydrogen-bond donors (Lipinski definition) is 1. The molecule has 1 saturated carbocycles. The number of amides is 2. The van der Waals surface area contributed by atoms with Gasteiger partial charge in [-0.1, -0.05) is 68.3 Å². The van der Waals surface area contributed by atoms with Gasteiger partial charge in [0.1, 0.15) is 24.1 Å². The summed E-state index contributed by atoms with van der Waals surface area (Å²) in [5, 5.41) is 3.14. The fourth-order valence-corrected chi connectivity index (χ4v) is 6.93. The Labute approximate surface area is 254 Å². The minimum absolute atomic E-state index is 0.0227. The van der Waals surface area contributed by atoms with Gasteiger partial charge in [-0.15, -0.1) is 0 Å². The van der Waals surface area contributed by atoms with Gasteiger partial charge in [-0.25, -0.2) is 8.42 Å². The summed E-state index contributed by atoms with van der Waals surface area (Å²) in [5.41, 5.74) is 1.17. The molecule has 0 spiro atoms. The number of hydrogen-bond acceptors (Lipinski definition) is 6. The number of methoxy groups -OCH3 is 2. The third-order valence-electron chi connectivity index (χ3n) is 7.84. The lowest BCUT2D eigenvalue weighted by atomic mass is 10.1. The van der Waals surface area contributed by atoms with Gasteiger partial charge in [0, 0.05) is 18.7 Å². The van der Waals surface area contributed by atoms with E-state index in [4.69, 9.17) is 9.47 Å². The van der Waals surface area contributed by atoms with Gasteiger partial charge in [0.2, 0.25) is 11.8 Å². The molecule has 1 N–H and O–H groups in total. The highest BCUT2D eigenvalue weighted by Crippen LogP contribution is 2.36. The van der Waals surface area contributed by atoms with Crippen molar-refractivity contribution in [2.24, 2.45) is 0 Å². The molecule has 230 valence electrons. The Hall–Kier alpha value is -4.05. The molecule has 0 heterocycles. The Morgan fingerprint density at radius 2 is 1.58 bits per heavy atom. The molecule has 3 aromatic carbocycles. The predicted octanol–water partition coefficient (Wildman–Crippen LogP) is 4.81. The third kappa shape index (κ3) is 7.87. The number of carbonyl (C=O) groups excluding carboxylic acids is 2. The van der Waals surface area contributed by atoms with Crippen LogP contribution < -0.4 is 19.1 Å². The van der Waals surface area contributed by atoms with Gasteiger partial charge in [-0.2, -0.15) is 0 Å². The number of nitrogens with zero attached hydrogens (tertiary/aromatic N) is 2. The van der Waals surface area contributed by atoms with E-state index in [-0.39, 0.29) is 34.8 Å². The third-order valence-corrected chi connectivity index (χ3v) is 9.61. The summed E-state index contributed by atoms with van der Waals surface area (Å²) in [7, 11) is -1.31. The molecule has 10 heteroatoms. The number of nitrogens with one attached hydrogen (secondary N) is 1. The van der Waals surface area contributed by atoms with Crippen LogP contribution in [0.4, 0.5) is 5.69 Å². The molecule has 0 aliphatic heterocycles. The molecule has 1 atom stereocenters. The fourth-order valence-electron chi connectivity index (χ4n) is 5.49. The molecule has 0 radical (unpaired) electrons. The minimum atomic E-state index is -4.23. The molecule has 3 aromatic rings. The lowest BCUT2D eigenvalue weighted by Gasteiger charge is -2.34. The van der Waals surface area contributed by atoms with Crippen LogP contribution in [0.15, 0.2) is 83.8 Å². The van der Waals surface area contributed by atoms with E-state index in [1.165, 1.54) is 37.3 Å². The number of sulfonamides is 1. The Bertz CT molecular complexity index is 1460. The molecule has 4 rings (SSSR count). The van der Waals surface area contributed by atoms with Gasteiger partial charge in [-0.05, 0) is 55.5 Å². The molecule has 2 amide bonds. The smallest absolute Gasteiger partial charge is 0.264 e. The molecular weight excluding hydrogens is 566 g/mol. The molecule has 1 fully saturated rings. The van der Waals surface area contributed by atoms with Crippen molar-refractivity contribution in [3.05, 3.63) is 84.4 Å². The first kappa shape index (κ1) is 31.9. The molecule has 0 unspecified atom stereocenters. The largest absolute Gasteiger partial charge is 0.497 e. The van der Waals surface area contributed by atoms with Crippen LogP contribution in [0.25, 0.3) is 0 Å². The average molecular weight is 608 g/mol. The van der Waals surface area contributed by atoms with E-state index in [1.807, 2.05) is 37.3 Å². The molecule has 0 saturated heterocycles. The summed E-state index contributed by atoms with van der Waals surface area (Å²) < 4.78 is 40.2. The van der Waals surface area contributed by atoms with Gasteiger partial charge in [0.25, 0.3) is 10.0 Å². The van der Waals surface area contributed by atoms with Gasteiger partial charge in [0.05, 0.1) is 24.8 Å². The van der Waals surface area contributed by atoms with Crippen molar-refractivity contribution in [3.8, 4) is 11.5 Å². The lowest BCUT2D eigenvalue weighted by Crippen LogP contribution is -2.54. The monoisotopic (exact) mass is 607 g/mol. The average Bonchev–Trinajstić information content (AvgIpc) is 3.55. The standard InChI is InChI=1S/C33H41N3O6S/c1-4-29(33(38)34-26-15-11-12-16-26)35(22-21-25-13-7-5-8-14-25)32(37)24-36(43(39,40)28-17-9-6-10-18-28)30-23-27(41-2)19-20-31(30)42-3/h5-10,13-14,17-20,23,26,29H,4,11-12,15-16,21-22,24H2,1-3H3,(H,34,38)/t29-/m1/s1. The van der Waals surface area contributed by atoms with E-state index < -0.39 is 28.5 Å². The van der Waals surface area contributed by atoms with Crippen LogP contribution in [0.5, 0.6) is 11.5 Å². The van der Waals surface area contributed by atoms with Crippen LogP contribution in [0.3, 0.4) is 0 Å².